The Bertz CT molecular complexity index is 376. The summed E-state index contributed by atoms with van der Waals surface area (Å²) >= 11 is 0. The Morgan fingerprint density at radius 2 is 1.90 bits per heavy atom. The summed E-state index contributed by atoms with van der Waals surface area (Å²) in [6, 6.07) is 0. The number of nitrogens with two attached hydrogens (primary N) is 1. The molecule has 7 heteroatoms. The minimum Gasteiger partial charge on any atom is -0.409 e. The largest absolute Gasteiger partial charge is 0.409 e. The van der Waals surface area contributed by atoms with Gasteiger partial charge in [-0.15, -0.1) is 0 Å². The van der Waals surface area contributed by atoms with Gasteiger partial charge in [-0.25, -0.2) is 0 Å². The van der Waals surface area contributed by atoms with Crippen molar-refractivity contribution in [3.8, 4) is 0 Å². The van der Waals surface area contributed by atoms with Gasteiger partial charge in [0.2, 0.25) is 11.8 Å². The third-order valence-corrected chi connectivity index (χ3v) is 3.70. The van der Waals surface area contributed by atoms with Gasteiger partial charge in [0.1, 0.15) is 5.41 Å². The molecule has 0 aromatic heterocycles. The Morgan fingerprint density at radius 1 is 1.25 bits per heavy atom. The van der Waals surface area contributed by atoms with Crippen LogP contribution < -0.4 is 16.4 Å². The molecular formula is C13H24N4O3. The molecule has 0 saturated heterocycles. The van der Waals surface area contributed by atoms with Crippen molar-refractivity contribution in [2.75, 3.05) is 13.1 Å². The van der Waals surface area contributed by atoms with Gasteiger partial charge in [-0.2, -0.15) is 0 Å². The van der Waals surface area contributed by atoms with Gasteiger partial charge in [-0.1, -0.05) is 24.9 Å². The van der Waals surface area contributed by atoms with E-state index >= 15 is 0 Å². The monoisotopic (exact) mass is 284 g/mol. The lowest BCUT2D eigenvalue weighted by molar-refractivity contribution is -0.127. The number of nitrogens with zero attached hydrogens (tertiary/aromatic N) is 1. The van der Waals surface area contributed by atoms with Gasteiger partial charge >= 0.3 is 0 Å². The molecule has 1 aliphatic carbocycles. The van der Waals surface area contributed by atoms with Crippen LogP contribution in [-0.2, 0) is 9.59 Å². The molecule has 2 amide bonds. The Kier molecular flexibility index (Phi) is 6.27. The van der Waals surface area contributed by atoms with Gasteiger partial charge in [-0.05, 0) is 19.3 Å². The molecule has 7 nitrogen and oxygen atoms in total. The number of hydrogen-bond donors (Lipinski definition) is 4. The second kappa shape index (κ2) is 7.72. The van der Waals surface area contributed by atoms with Crippen molar-refractivity contribution in [1.29, 1.82) is 0 Å². The number of nitrogens with one attached hydrogen (secondary N) is 2. The quantitative estimate of drug-likeness (QED) is 0.233. The summed E-state index contributed by atoms with van der Waals surface area (Å²) in [7, 11) is 0. The van der Waals surface area contributed by atoms with Gasteiger partial charge in [0.05, 0.1) is 0 Å². The Morgan fingerprint density at radius 3 is 2.45 bits per heavy atom. The summed E-state index contributed by atoms with van der Waals surface area (Å²) in [5.41, 5.74) is 4.76. The van der Waals surface area contributed by atoms with Crippen LogP contribution in [0.5, 0.6) is 0 Å². The maximum atomic E-state index is 12.2. The fourth-order valence-corrected chi connectivity index (χ4v) is 2.49. The van der Waals surface area contributed by atoms with E-state index in [1.165, 1.54) is 0 Å². The smallest absolute Gasteiger partial charge is 0.233 e. The number of oxime groups is 1. The first-order valence-corrected chi connectivity index (χ1v) is 7.10. The van der Waals surface area contributed by atoms with E-state index in [9.17, 15) is 9.59 Å². The molecule has 1 fully saturated rings. The van der Waals surface area contributed by atoms with Crippen LogP contribution in [0.4, 0.5) is 0 Å². The van der Waals surface area contributed by atoms with E-state index in [2.05, 4.69) is 15.8 Å². The Balaban J connectivity index is 2.46. The van der Waals surface area contributed by atoms with Crippen molar-refractivity contribution in [2.45, 2.75) is 45.4 Å². The fourth-order valence-electron chi connectivity index (χ4n) is 2.49. The van der Waals surface area contributed by atoms with Crippen LogP contribution in [0.15, 0.2) is 5.16 Å². The summed E-state index contributed by atoms with van der Waals surface area (Å²) in [4.78, 5) is 23.7. The first-order valence-electron chi connectivity index (χ1n) is 7.10. The number of rotatable bonds is 7. The summed E-state index contributed by atoms with van der Waals surface area (Å²) in [5.74, 6) is -0.382. The predicted octanol–water partition coefficient (Wildman–Crippen LogP) is 0.326. The van der Waals surface area contributed by atoms with E-state index in [4.69, 9.17) is 10.9 Å². The van der Waals surface area contributed by atoms with Crippen LogP contribution in [0, 0.1) is 5.41 Å². The topological polar surface area (TPSA) is 117 Å². The molecule has 0 aromatic carbocycles. The van der Waals surface area contributed by atoms with Crippen LogP contribution in [0.2, 0.25) is 0 Å². The van der Waals surface area contributed by atoms with Crippen LogP contribution in [0.3, 0.4) is 0 Å². The molecule has 20 heavy (non-hydrogen) atoms. The van der Waals surface area contributed by atoms with Crippen LogP contribution >= 0.6 is 0 Å². The van der Waals surface area contributed by atoms with Gasteiger partial charge in [0, 0.05) is 19.5 Å². The molecule has 1 aliphatic rings. The Hall–Kier alpha value is -1.79. The highest BCUT2D eigenvalue weighted by atomic mass is 16.4. The minimum absolute atomic E-state index is 0.0389. The maximum Gasteiger partial charge on any atom is 0.233 e. The molecule has 114 valence electrons. The molecule has 0 heterocycles. The molecule has 0 aliphatic heterocycles. The van der Waals surface area contributed by atoms with Crippen molar-refractivity contribution in [2.24, 2.45) is 16.3 Å². The van der Waals surface area contributed by atoms with Crippen LogP contribution in [0.25, 0.3) is 0 Å². The molecule has 0 bridgehead atoms. The SMILES string of the molecule is CCCNC(=O)CCNC(=O)C1(C(N)=NO)CCCC1. The third kappa shape index (κ3) is 3.85. The minimum atomic E-state index is -0.908. The van der Waals surface area contributed by atoms with E-state index in [1.54, 1.807) is 0 Å². The molecule has 0 aromatic rings. The lowest BCUT2D eigenvalue weighted by Gasteiger charge is -2.25. The van der Waals surface area contributed by atoms with Crippen molar-refractivity contribution in [1.82, 2.24) is 10.6 Å². The number of amidine groups is 1. The number of carbonyl (C=O) groups is 2. The molecule has 1 rings (SSSR count). The molecular weight excluding hydrogens is 260 g/mol. The zero-order chi connectivity index (χ0) is 15.0. The summed E-state index contributed by atoms with van der Waals surface area (Å²) in [5, 5.41) is 17.3. The van der Waals surface area contributed by atoms with E-state index in [-0.39, 0.29) is 30.6 Å². The van der Waals surface area contributed by atoms with E-state index in [0.29, 0.717) is 19.4 Å². The van der Waals surface area contributed by atoms with Gasteiger partial charge in [0.15, 0.2) is 5.84 Å². The lowest BCUT2D eigenvalue weighted by atomic mass is 9.84. The standard InChI is InChI=1S/C13H24N4O3/c1-2-8-15-10(18)5-9-16-12(19)13(11(14)17-20)6-3-4-7-13/h20H,2-9H2,1H3,(H2,14,17)(H,15,18)(H,16,19). The Labute approximate surface area is 119 Å². The maximum absolute atomic E-state index is 12.2. The number of carbonyl (C=O) groups excluding carboxylic acids is 2. The lowest BCUT2D eigenvalue weighted by Crippen LogP contribution is -2.48. The highest BCUT2D eigenvalue weighted by Crippen LogP contribution is 2.38. The first-order chi connectivity index (χ1) is 9.56. The number of amides is 2. The van der Waals surface area contributed by atoms with Crippen molar-refractivity contribution >= 4 is 17.6 Å². The molecule has 0 atom stereocenters. The average molecular weight is 284 g/mol. The van der Waals surface area contributed by atoms with E-state index < -0.39 is 5.41 Å². The zero-order valence-corrected chi connectivity index (χ0v) is 11.9. The van der Waals surface area contributed by atoms with Gasteiger partial charge in [-0.3, -0.25) is 9.59 Å². The predicted molar refractivity (Wildman–Crippen MR) is 75.2 cm³/mol. The zero-order valence-electron chi connectivity index (χ0n) is 11.9. The third-order valence-electron chi connectivity index (χ3n) is 3.70. The summed E-state index contributed by atoms with van der Waals surface area (Å²) in [6.45, 7) is 2.87. The van der Waals surface area contributed by atoms with E-state index in [1.807, 2.05) is 6.92 Å². The fraction of sp³-hybridized carbons (Fsp3) is 0.769. The van der Waals surface area contributed by atoms with Crippen molar-refractivity contribution in [3.63, 3.8) is 0 Å². The molecule has 0 unspecified atom stereocenters. The van der Waals surface area contributed by atoms with Crippen LogP contribution in [-0.4, -0.2) is 35.9 Å². The second-order valence-corrected chi connectivity index (χ2v) is 5.13. The highest BCUT2D eigenvalue weighted by Gasteiger charge is 2.45. The average Bonchev–Trinajstić information content (AvgIpc) is 2.94. The van der Waals surface area contributed by atoms with Gasteiger partial charge in [0.25, 0.3) is 0 Å². The molecule has 0 spiro atoms. The molecule has 0 radical (unpaired) electrons. The number of hydrogen-bond acceptors (Lipinski definition) is 4. The molecule has 5 N–H and O–H groups in total. The second-order valence-electron chi connectivity index (χ2n) is 5.13. The first kappa shape index (κ1) is 16.3. The highest BCUT2D eigenvalue weighted by molar-refractivity contribution is 6.07. The molecule has 1 saturated carbocycles. The summed E-state index contributed by atoms with van der Waals surface area (Å²) in [6.07, 6.45) is 4.03. The van der Waals surface area contributed by atoms with Crippen LogP contribution in [0.1, 0.15) is 45.4 Å². The van der Waals surface area contributed by atoms with Gasteiger partial charge < -0.3 is 21.6 Å². The van der Waals surface area contributed by atoms with E-state index in [0.717, 1.165) is 19.3 Å². The normalized spacial score (nSPS) is 17.8. The van der Waals surface area contributed by atoms with Crippen molar-refractivity contribution < 1.29 is 14.8 Å². The summed E-state index contributed by atoms with van der Waals surface area (Å²) < 4.78 is 0. The van der Waals surface area contributed by atoms with Crippen molar-refractivity contribution in [3.05, 3.63) is 0 Å².